The number of carbonyl (C=O) groups excluding carboxylic acids is 1. The second kappa shape index (κ2) is 9.42. The number of rotatable bonds is 9. The quantitative estimate of drug-likeness (QED) is 0.694. The van der Waals surface area contributed by atoms with Crippen molar-refractivity contribution in [2.45, 2.75) is 65.3 Å². The van der Waals surface area contributed by atoms with Gasteiger partial charge in [0.25, 0.3) is 0 Å². The lowest BCUT2D eigenvalue weighted by Gasteiger charge is -2.25. The highest BCUT2D eigenvalue weighted by Gasteiger charge is 2.32. The molecule has 0 aliphatic rings. The standard InChI is InChI=1S/C19H28O5/c1-5-9-16(23-13-14-10-7-6-8-11-14)15(18(21)22)12-17(20)24-19(2,3)4/h6-8,10-11,15-16H,5,9,12-13H2,1-4H3,(H,21,22). The van der Waals surface area contributed by atoms with Gasteiger partial charge in [0.1, 0.15) is 5.60 Å². The molecule has 1 rings (SSSR count). The van der Waals surface area contributed by atoms with Gasteiger partial charge in [0.05, 0.1) is 25.0 Å². The number of carbonyl (C=O) groups is 2. The number of carboxylic acids is 1. The molecule has 1 aromatic carbocycles. The smallest absolute Gasteiger partial charge is 0.309 e. The van der Waals surface area contributed by atoms with E-state index < -0.39 is 29.6 Å². The lowest BCUT2D eigenvalue weighted by Crippen LogP contribution is -2.35. The Morgan fingerprint density at radius 1 is 1.17 bits per heavy atom. The first-order valence-corrected chi connectivity index (χ1v) is 8.33. The Morgan fingerprint density at radius 2 is 1.79 bits per heavy atom. The second-order valence-corrected chi connectivity index (χ2v) is 6.86. The van der Waals surface area contributed by atoms with Crippen molar-refractivity contribution in [3.8, 4) is 0 Å². The molecule has 0 saturated carbocycles. The van der Waals surface area contributed by atoms with Gasteiger partial charge in [-0.05, 0) is 32.8 Å². The highest BCUT2D eigenvalue weighted by atomic mass is 16.6. The zero-order valence-electron chi connectivity index (χ0n) is 15.0. The van der Waals surface area contributed by atoms with Crippen LogP contribution in [0.4, 0.5) is 0 Å². The first kappa shape index (κ1) is 20.2. The Bertz CT molecular complexity index is 518. The van der Waals surface area contributed by atoms with Gasteiger partial charge >= 0.3 is 11.9 Å². The Kier molecular flexibility index (Phi) is 7.92. The Balaban J connectivity index is 2.75. The summed E-state index contributed by atoms with van der Waals surface area (Å²) in [6.45, 7) is 7.57. The van der Waals surface area contributed by atoms with Crippen molar-refractivity contribution in [2.75, 3.05) is 0 Å². The van der Waals surface area contributed by atoms with Crippen LogP contribution in [0.15, 0.2) is 30.3 Å². The Hall–Kier alpha value is -1.88. The summed E-state index contributed by atoms with van der Waals surface area (Å²) in [7, 11) is 0. The summed E-state index contributed by atoms with van der Waals surface area (Å²) in [6.07, 6.45) is 0.635. The number of hydrogen-bond donors (Lipinski definition) is 1. The molecule has 0 spiro atoms. The molecule has 0 amide bonds. The van der Waals surface area contributed by atoms with Crippen LogP contribution in [0.5, 0.6) is 0 Å². The maximum atomic E-state index is 12.0. The van der Waals surface area contributed by atoms with Gasteiger partial charge in [-0.25, -0.2) is 0 Å². The van der Waals surface area contributed by atoms with Crippen LogP contribution in [0.2, 0.25) is 0 Å². The average Bonchev–Trinajstić information content (AvgIpc) is 2.48. The van der Waals surface area contributed by atoms with Crippen LogP contribution < -0.4 is 0 Å². The van der Waals surface area contributed by atoms with Crippen LogP contribution in [0, 0.1) is 5.92 Å². The van der Waals surface area contributed by atoms with Crippen molar-refractivity contribution < 1.29 is 24.2 Å². The van der Waals surface area contributed by atoms with Gasteiger partial charge in [0.15, 0.2) is 0 Å². The topological polar surface area (TPSA) is 72.8 Å². The van der Waals surface area contributed by atoms with Crippen LogP contribution in [-0.4, -0.2) is 28.8 Å². The van der Waals surface area contributed by atoms with E-state index in [1.807, 2.05) is 37.3 Å². The van der Waals surface area contributed by atoms with Crippen molar-refractivity contribution in [1.82, 2.24) is 0 Å². The Morgan fingerprint density at radius 3 is 2.29 bits per heavy atom. The molecular weight excluding hydrogens is 308 g/mol. The van der Waals surface area contributed by atoms with Crippen molar-refractivity contribution in [3.05, 3.63) is 35.9 Å². The molecule has 0 saturated heterocycles. The first-order chi connectivity index (χ1) is 11.2. The molecule has 2 atom stereocenters. The third kappa shape index (κ3) is 7.59. The monoisotopic (exact) mass is 336 g/mol. The van der Waals surface area contributed by atoms with E-state index in [0.717, 1.165) is 12.0 Å². The second-order valence-electron chi connectivity index (χ2n) is 6.86. The van der Waals surface area contributed by atoms with Crippen molar-refractivity contribution >= 4 is 11.9 Å². The SMILES string of the molecule is CCCC(OCc1ccccc1)C(CC(=O)OC(C)(C)C)C(=O)O. The van der Waals surface area contributed by atoms with Gasteiger partial charge in [0.2, 0.25) is 0 Å². The number of carboxylic acid groups (broad SMARTS) is 1. The van der Waals surface area contributed by atoms with E-state index in [0.29, 0.717) is 13.0 Å². The molecule has 5 heteroatoms. The first-order valence-electron chi connectivity index (χ1n) is 8.33. The normalized spacial score (nSPS) is 14.0. The maximum absolute atomic E-state index is 12.0. The predicted octanol–water partition coefficient (Wildman–Crippen LogP) is 3.80. The summed E-state index contributed by atoms with van der Waals surface area (Å²) >= 11 is 0. The molecule has 1 aromatic rings. The fourth-order valence-corrected chi connectivity index (χ4v) is 2.40. The summed E-state index contributed by atoms with van der Waals surface area (Å²) in [5, 5.41) is 9.53. The molecule has 0 aromatic heterocycles. The van der Waals surface area contributed by atoms with Crippen LogP contribution in [0.25, 0.3) is 0 Å². The molecule has 0 heterocycles. The molecule has 0 bridgehead atoms. The van der Waals surface area contributed by atoms with Gasteiger partial charge in [-0.15, -0.1) is 0 Å². The van der Waals surface area contributed by atoms with Crippen molar-refractivity contribution in [1.29, 1.82) is 0 Å². The minimum absolute atomic E-state index is 0.188. The molecule has 0 radical (unpaired) electrons. The summed E-state index contributed by atoms with van der Waals surface area (Å²) in [5.74, 6) is -2.46. The van der Waals surface area contributed by atoms with Crippen molar-refractivity contribution in [3.63, 3.8) is 0 Å². The van der Waals surface area contributed by atoms with Crippen LogP contribution in [0.1, 0.15) is 52.5 Å². The minimum atomic E-state index is -1.03. The van der Waals surface area contributed by atoms with Gasteiger partial charge in [-0.1, -0.05) is 43.7 Å². The van der Waals surface area contributed by atoms with E-state index in [2.05, 4.69) is 0 Å². The largest absolute Gasteiger partial charge is 0.481 e. The summed E-state index contributed by atoms with van der Waals surface area (Å²) in [6, 6.07) is 9.57. The van der Waals surface area contributed by atoms with E-state index in [-0.39, 0.29) is 6.42 Å². The average molecular weight is 336 g/mol. The van der Waals surface area contributed by atoms with Crippen LogP contribution >= 0.6 is 0 Å². The number of benzene rings is 1. The summed E-state index contributed by atoms with van der Waals surface area (Å²) < 4.78 is 11.1. The molecule has 1 N–H and O–H groups in total. The number of esters is 1. The van der Waals surface area contributed by atoms with E-state index in [4.69, 9.17) is 9.47 Å². The van der Waals surface area contributed by atoms with E-state index >= 15 is 0 Å². The molecular formula is C19H28O5. The summed E-state index contributed by atoms with van der Waals surface area (Å²) in [5.41, 5.74) is 0.339. The van der Waals surface area contributed by atoms with Crippen molar-refractivity contribution in [2.24, 2.45) is 5.92 Å². The zero-order valence-corrected chi connectivity index (χ0v) is 15.0. The lowest BCUT2D eigenvalue weighted by molar-refractivity contribution is -0.164. The number of aliphatic carboxylic acids is 1. The Labute approximate surface area is 144 Å². The zero-order chi connectivity index (χ0) is 18.2. The minimum Gasteiger partial charge on any atom is -0.481 e. The van der Waals surface area contributed by atoms with Crippen LogP contribution in [0.3, 0.4) is 0 Å². The maximum Gasteiger partial charge on any atom is 0.309 e. The number of hydrogen-bond acceptors (Lipinski definition) is 4. The van der Waals surface area contributed by atoms with Gasteiger partial charge in [-0.2, -0.15) is 0 Å². The fourth-order valence-electron chi connectivity index (χ4n) is 2.40. The molecule has 2 unspecified atom stereocenters. The predicted molar refractivity (Wildman–Crippen MR) is 91.5 cm³/mol. The van der Waals surface area contributed by atoms with Crippen LogP contribution in [-0.2, 0) is 25.7 Å². The van der Waals surface area contributed by atoms with E-state index in [1.54, 1.807) is 20.8 Å². The summed E-state index contributed by atoms with van der Waals surface area (Å²) in [4.78, 5) is 23.7. The fraction of sp³-hybridized carbons (Fsp3) is 0.579. The molecule has 0 aliphatic heterocycles. The molecule has 134 valence electrons. The van der Waals surface area contributed by atoms with E-state index in [1.165, 1.54) is 0 Å². The molecule has 24 heavy (non-hydrogen) atoms. The highest BCUT2D eigenvalue weighted by Crippen LogP contribution is 2.22. The van der Waals surface area contributed by atoms with Gasteiger partial charge in [0, 0.05) is 0 Å². The van der Waals surface area contributed by atoms with E-state index in [9.17, 15) is 14.7 Å². The lowest BCUT2D eigenvalue weighted by atomic mass is 9.95. The molecule has 0 fully saturated rings. The molecule has 0 aliphatic carbocycles. The molecule has 5 nitrogen and oxygen atoms in total. The number of ether oxygens (including phenoxy) is 2. The van der Waals surface area contributed by atoms with Gasteiger partial charge in [-0.3, -0.25) is 9.59 Å². The third-order valence-corrected chi connectivity index (χ3v) is 3.45. The van der Waals surface area contributed by atoms with Gasteiger partial charge < -0.3 is 14.6 Å². The third-order valence-electron chi connectivity index (χ3n) is 3.45. The highest BCUT2D eigenvalue weighted by molar-refractivity contribution is 5.79.